The monoisotopic (exact) mass is 237 g/mol. The maximum Gasteiger partial charge on any atom is 0.185 e. The van der Waals surface area contributed by atoms with Gasteiger partial charge in [0, 0.05) is 37.8 Å². The van der Waals surface area contributed by atoms with Gasteiger partial charge >= 0.3 is 0 Å². The zero-order valence-corrected chi connectivity index (χ0v) is 10.8. The Kier molecular flexibility index (Phi) is 3.96. The summed E-state index contributed by atoms with van der Waals surface area (Å²) in [6, 6.07) is 0.648. The van der Waals surface area contributed by atoms with Gasteiger partial charge in [-0.15, -0.1) is 11.3 Å². The normalized spacial score (nSPS) is 20.0. The first-order valence-corrected chi connectivity index (χ1v) is 6.58. The second-order valence-corrected chi connectivity index (χ2v) is 5.46. The first-order valence-electron chi connectivity index (χ1n) is 5.76. The van der Waals surface area contributed by atoms with Crippen LogP contribution in [0.1, 0.15) is 24.1 Å². The fourth-order valence-electron chi connectivity index (χ4n) is 1.81. The summed E-state index contributed by atoms with van der Waals surface area (Å²) in [5, 5.41) is 4.67. The highest BCUT2D eigenvalue weighted by Crippen LogP contribution is 2.20. The van der Waals surface area contributed by atoms with Crippen LogP contribution in [0.5, 0.6) is 0 Å². The van der Waals surface area contributed by atoms with Crippen molar-refractivity contribution in [2.75, 3.05) is 19.0 Å². The molecular formula is C12H19N3S. The Labute approximate surface area is 101 Å². The van der Waals surface area contributed by atoms with Gasteiger partial charge in [-0.1, -0.05) is 12.2 Å². The lowest BCUT2D eigenvalue weighted by atomic mass is 10.0. The van der Waals surface area contributed by atoms with Crippen molar-refractivity contribution in [3.8, 4) is 0 Å². The number of rotatable bonds is 4. The van der Waals surface area contributed by atoms with Gasteiger partial charge in [0.05, 0.1) is 0 Å². The molecule has 0 saturated heterocycles. The fraction of sp³-hybridized carbons (Fsp3) is 0.583. The van der Waals surface area contributed by atoms with Gasteiger partial charge in [0.1, 0.15) is 0 Å². The number of thiazole rings is 1. The van der Waals surface area contributed by atoms with Crippen LogP contribution in [0.4, 0.5) is 5.13 Å². The summed E-state index contributed by atoms with van der Waals surface area (Å²) in [7, 11) is 4.06. The van der Waals surface area contributed by atoms with Crippen molar-refractivity contribution in [3.63, 3.8) is 0 Å². The molecule has 0 spiro atoms. The van der Waals surface area contributed by atoms with Crippen LogP contribution in [0.3, 0.4) is 0 Å². The van der Waals surface area contributed by atoms with E-state index in [9.17, 15) is 0 Å². The molecule has 0 bridgehead atoms. The number of allylic oxidation sites excluding steroid dienone is 1. The number of aromatic nitrogens is 1. The summed E-state index contributed by atoms with van der Waals surface area (Å²) in [5.41, 5.74) is 0. The summed E-state index contributed by atoms with van der Waals surface area (Å²) in [4.78, 5) is 7.74. The van der Waals surface area contributed by atoms with E-state index in [2.05, 4.69) is 27.4 Å². The lowest BCUT2D eigenvalue weighted by molar-refractivity contribution is 0.476. The van der Waals surface area contributed by atoms with Crippen LogP contribution in [0.25, 0.3) is 0 Å². The van der Waals surface area contributed by atoms with Gasteiger partial charge in [-0.3, -0.25) is 0 Å². The molecule has 0 aromatic carbocycles. The van der Waals surface area contributed by atoms with Crippen LogP contribution in [-0.4, -0.2) is 25.1 Å². The topological polar surface area (TPSA) is 28.2 Å². The molecule has 1 unspecified atom stereocenters. The van der Waals surface area contributed by atoms with E-state index in [1.807, 2.05) is 20.3 Å². The van der Waals surface area contributed by atoms with Crippen molar-refractivity contribution in [2.24, 2.45) is 0 Å². The SMILES string of the molecule is CN(C)c1ncc(CNC2CC=CCC2)s1. The van der Waals surface area contributed by atoms with E-state index in [1.54, 1.807) is 11.3 Å². The summed E-state index contributed by atoms with van der Waals surface area (Å²) in [6.45, 7) is 0.948. The maximum absolute atomic E-state index is 4.37. The number of nitrogens with zero attached hydrogens (tertiary/aromatic N) is 2. The Balaban J connectivity index is 1.82. The quantitative estimate of drug-likeness (QED) is 0.815. The molecule has 0 amide bonds. The molecule has 1 N–H and O–H groups in total. The van der Waals surface area contributed by atoms with E-state index in [1.165, 1.54) is 24.1 Å². The molecule has 2 rings (SSSR count). The zero-order valence-electron chi connectivity index (χ0n) is 9.94. The molecule has 1 aliphatic rings. The minimum Gasteiger partial charge on any atom is -0.354 e. The van der Waals surface area contributed by atoms with Crippen molar-refractivity contribution in [3.05, 3.63) is 23.2 Å². The smallest absolute Gasteiger partial charge is 0.185 e. The van der Waals surface area contributed by atoms with Crippen LogP contribution in [0, 0.1) is 0 Å². The number of nitrogens with one attached hydrogen (secondary N) is 1. The van der Waals surface area contributed by atoms with Crippen molar-refractivity contribution in [1.82, 2.24) is 10.3 Å². The molecule has 0 saturated carbocycles. The van der Waals surface area contributed by atoms with Gasteiger partial charge in [-0.05, 0) is 19.3 Å². The third kappa shape index (κ3) is 3.06. The minimum atomic E-state index is 0.648. The van der Waals surface area contributed by atoms with E-state index in [0.29, 0.717) is 6.04 Å². The average molecular weight is 237 g/mol. The van der Waals surface area contributed by atoms with Crippen molar-refractivity contribution in [2.45, 2.75) is 31.8 Å². The molecule has 0 aliphatic heterocycles. The van der Waals surface area contributed by atoms with Crippen LogP contribution in [0.2, 0.25) is 0 Å². The van der Waals surface area contributed by atoms with Crippen LogP contribution in [-0.2, 0) is 6.54 Å². The van der Waals surface area contributed by atoms with E-state index in [-0.39, 0.29) is 0 Å². The second-order valence-electron chi connectivity index (χ2n) is 4.37. The van der Waals surface area contributed by atoms with Gasteiger partial charge in [-0.2, -0.15) is 0 Å². The Hall–Kier alpha value is -0.870. The van der Waals surface area contributed by atoms with Gasteiger partial charge in [0.25, 0.3) is 0 Å². The van der Waals surface area contributed by atoms with E-state index in [0.717, 1.165) is 11.7 Å². The van der Waals surface area contributed by atoms with Gasteiger partial charge in [-0.25, -0.2) is 4.98 Å². The standard InChI is InChI=1S/C12H19N3S/c1-15(2)12-14-9-11(16-12)8-13-10-6-4-3-5-7-10/h3-4,9-10,13H,5-8H2,1-2H3. The Morgan fingerprint density at radius 2 is 2.38 bits per heavy atom. The number of anilines is 1. The first kappa shape index (κ1) is 11.6. The molecule has 1 heterocycles. The summed E-state index contributed by atoms with van der Waals surface area (Å²) in [5.74, 6) is 0. The molecule has 4 heteroatoms. The van der Waals surface area contributed by atoms with Crippen molar-refractivity contribution < 1.29 is 0 Å². The molecule has 1 atom stereocenters. The summed E-state index contributed by atoms with van der Waals surface area (Å²) >= 11 is 1.76. The highest BCUT2D eigenvalue weighted by Gasteiger charge is 2.10. The predicted molar refractivity (Wildman–Crippen MR) is 70.1 cm³/mol. The second kappa shape index (κ2) is 5.46. The molecule has 0 radical (unpaired) electrons. The van der Waals surface area contributed by atoms with Crippen molar-refractivity contribution >= 4 is 16.5 Å². The van der Waals surface area contributed by atoms with Crippen LogP contribution < -0.4 is 10.2 Å². The highest BCUT2D eigenvalue weighted by atomic mass is 32.1. The van der Waals surface area contributed by atoms with Gasteiger partial charge in [0.15, 0.2) is 5.13 Å². The van der Waals surface area contributed by atoms with Crippen LogP contribution in [0.15, 0.2) is 18.3 Å². The average Bonchev–Trinajstić information content (AvgIpc) is 2.76. The van der Waals surface area contributed by atoms with Crippen LogP contribution >= 0.6 is 11.3 Å². The van der Waals surface area contributed by atoms with E-state index < -0.39 is 0 Å². The summed E-state index contributed by atoms with van der Waals surface area (Å²) in [6.07, 6.45) is 10.2. The first-order chi connectivity index (χ1) is 7.75. The van der Waals surface area contributed by atoms with Gasteiger partial charge < -0.3 is 10.2 Å². The number of hydrogen-bond donors (Lipinski definition) is 1. The third-order valence-electron chi connectivity index (χ3n) is 2.76. The van der Waals surface area contributed by atoms with Gasteiger partial charge in [0.2, 0.25) is 0 Å². The Morgan fingerprint density at radius 3 is 3.00 bits per heavy atom. The largest absolute Gasteiger partial charge is 0.354 e. The van der Waals surface area contributed by atoms with Crippen molar-refractivity contribution in [1.29, 1.82) is 0 Å². The fourth-order valence-corrected chi connectivity index (χ4v) is 2.59. The lowest BCUT2D eigenvalue weighted by Gasteiger charge is -2.18. The Bertz CT molecular complexity index is 357. The van der Waals surface area contributed by atoms with E-state index >= 15 is 0 Å². The Morgan fingerprint density at radius 1 is 1.50 bits per heavy atom. The maximum atomic E-state index is 4.37. The third-order valence-corrected chi connectivity index (χ3v) is 3.92. The number of hydrogen-bond acceptors (Lipinski definition) is 4. The molecule has 88 valence electrons. The molecule has 3 nitrogen and oxygen atoms in total. The molecule has 0 fully saturated rings. The lowest BCUT2D eigenvalue weighted by Crippen LogP contribution is -2.28. The minimum absolute atomic E-state index is 0.648. The highest BCUT2D eigenvalue weighted by molar-refractivity contribution is 7.15. The molecule has 1 aromatic rings. The predicted octanol–water partition coefficient (Wildman–Crippen LogP) is 2.41. The summed E-state index contributed by atoms with van der Waals surface area (Å²) < 4.78 is 0. The zero-order chi connectivity index (χ0) is 11.4. The molecular weight excluding hydrogens is 218 g/mol. The molecule has 16 heavy (non-hydrogen) atoms. The van der Waals surface area contributed by atoms with E-state index in [4.69, 9.17) is 0 Å². The molecule has 1 aromatic heterocycles. The molecule has 1 aliphatic carbocycles.